The van der Waals surface area contributed by atoms with Crippen LogP contribution >= 0.6 is 0 Å². The Labute approximate surface area is 202 Å². The van der Waals surface area contributed by atoms with Crippen LogP contribution in [0.1, 0.15) is 11.1 Å². The molecule has 0 aliphatic carbocycles. The number of rotatable bonds is 7. The van der Waals surface area contributed by atoms with Crippen molar-refractivity contribution >= 4 is 23.2 Å². The molecule has 2 N–H and O–H groups in total. The highest BCUT2D eigenvalue weighted by molar-refractivity contribution is 5.92. The lowest BCUT2D eigenvalue weighted by atomic mass is 10.0. The van der Waals surface area contributed by atoms with Crippen LogP contribution in [-0.2, 0) is 24.4 Å². The average Bonchev–Trinajstić information content (AvgIpc) is 3.23. The summed E-state index contributed by atoms with van der Waals surface area (Å²) in [6.07, 6.45) is 2.31. The zero-order chi connectivity index (χ0) is 25.9. The molecule has 0 saturated heterocycles. The Morgan fingerprint density at radius 3 is 2.42 bits per heavy atom. The Hall–Kier alpha value is -4.55. The Bertz CT molecular complexity index is 1390. The minimum Gasteiger partial charge on any atom is -0.481 e. The van der Waals surface area contributed by atoms with Crippen molar-refractivity contribution < 1.29 is 27.1 Å². The van der Waals surface area contributed by atoms with E-state index in [4.69, 9.17) is 0 Å². The number of nitrogens with one attached hydrogen (secondary N) is 2. The number of pyridine rings is 1. The number of nitrogens with zero attached hydrogens (tertiary/aromatic N) is 5. The molecule has 0 spiro atoms. The summed E-state index contributed by atoms with van der Waals surface area (Å²) >= 11 is 0. The van der Waals surface area contributed by atoms with Gasteiger partial charge in [0.15, 0.2) is 0 Å². The number of alkyl halides is 3. The summed E-state index contributed by atoms with van der Waals surface area (Å²) in [5, 5.41) is 9.33. The van der Waals surface area contributed by atoms with Crippen LogP contribution in [0.2, 0.25) is 0 Å². The van der Waals surface area contributed by atoms with Gasteiger partial charge >= 0.3 is 6.18 Å². The molecule has 0 unspecified atom stereocenters. The number of hydrogen-bond acceptors (Lipinski definition) is 7. The van der Waals surface area contributed by atoms with Crippen LogP contribution in [0.3, 0.4) is 0 Å². The van der Waals surface area contributed by atoms with Crippen LogP contribution < -0.4 is 15.4 Å². The fraction of sp³-hybridized carbons (Fsp3) is 0.174. The van der Waals surface area contributed by atoms with Crippen molar-refractivity contribution in [2.24, 2.45) is 7.05 Å². The number of amides is 1. The predicted molar refractivity (Wildman–Crippen MR) is 122 cm³/mol. The summed E-state index contributed by atoms with van der Waals surface area (Å²) in [5.74, 6) is -1.55. The number of anilines is 3. The first-order valence-electron chi connectivity index (χ1n) is 10.4. The fourth-order valence-electron chi connectivity index (χ4n) is 3.33. The normalized spacial score (nSPS) is 11.3. The molecule has 9 nitrogen and oxygen atoms in total. The van der Waals surface area contributed by atoms with E-state index >= 15 is 0 Å². The van der Waals surface area contributed by atoms with Crippen LogP contribution in [0.15, 0.2) is 55.2 Å². The van der Waals surface area contributed by atoms with E-state index in [2.05, 4.69) is 35.4 Å². The largest absolute Gasteiger partial charge is 0.481 e. The van der Waals surface area contributed by atoms with Gasteiger partial charge in [0, 0.05) is 36.8 Å². The van der Waals surface area contributed by atoms with Crippen molar-refractivity contribution in [1.29, 1.82) is 0 Å². The van der Waals surface area contributed by atoms with Gasteiger partial charge < -0.3 is 15.4 Å². The number of hydrogen-bond donors (Lipinski definition) is 2. The molecule has 0 aliphatic rings. The molecule has 0 aliphatic heterocycles. The quantitative estimate of drug-likeness (QED) is 0.363. The number of aryl methyl sites for hydroxylation is 1. The first kappa shape index (κ1) is 24.6. The van der Waals surface area contributed by atoms with E-state index in [9.17, 15) is 22.4 Å². The second-order valence-electron chi connectivity index (χ2n) is 7.64. The molecule has 36 heavy (non-hydrogen) atoms. The smallest absolute Gasteiger partial charge is 0.421 e. The third-order valence-electron chi connectivity index (χ3n) is 4.96. The third kappa shape index (κ3) is 5.74. The van der Waals surface area contributed by atoms with Crippen molar-refractivity contribution in [3.63, 3.8) is 0 Å². The summed E-state index contributed by atoms with van der Waals surface area (Å²) in [5.41, 5.74) is 0.371. The first-order valence-corrected chi connectivity index (χ1v) is 10.4. The van der Waals surface area contributed by atoms with E-state index in [1.807, 2.05) is 0 Å². The van der Waals surface area contributed by atoms with Crippen molar-refractivity contribution in [3.8, 4) is 17.0 Å². The molecule has 13 heteroatoms. The number of carbonyl (C=O) groups is 1. The summed E-state index contributed by atoms with van der Waals surface area (Å²) in [6, 6.07) is 4.90. The molecule has 3 heterocycles. The number of ether oxygens (including phenoxy) is 1. The van der Waals surface area contributed by atoms with E-state index < -0.39 is 29.3 Å². The lowest BCUT2D eigenvalue weighted by Gasteiger charge is -2.13. The molecule has 0 bridgehead atoms. The molecular formula is C23H19F4N7O2. The van der Waals surface area contributed by atoms with Gasteiger partial charge in [0.2, 0.25) is 17.7 Å². The first-order chi connectivity index (χ1) is 17.1. The molecule has 0 radical (unpaired) electrons. The van der Waals surface area contributed by atoms with E-state index in [0.29, 0.717) is 22.8 Å². The van der Waals surface area contributed by atoms with Gasteiger partial charge in [0.05, 0.1) is 37.3 Å². The number of aromatic nitrogens is 5. The van der Waals surface area contributed by atoms with Gasteiger partial charge in [-0.1, -0.05) is 12.1 Å². The van der Waals surface area contributed by atoms with Gasteiger partial charge in [0.1, 0.15) is 11.4 Å². The molecule has 0 fully saturated rings. The Morgan fingerprint density at radius 1 is 1.06 bits per heavy atom. The highest BCUT2D eigenvalue weighted by atomic mass is 19.4. The topological polar surface area (TPSA) is 107 Å². The molecule has 1 amide bonds. The van der Waals surface area contributed by atoms with Gasteiger partial charge in [-0.2, -0.15) is 18.3 Å². The molecule has 186 valence electrons. The number of halogens is 4. The molecule has 0 saturated carbocycles. The maximum Gasteiger partial charge on any atom is 0.421 e. The number of methoxy groups -OCH3 is 1. The van der Waals surface area contributed by atoms with Crippen LogP contribution in [-0.4, -0.2) is 37.7 Å². The van der Waals surface area contributed by atoms with Gasteiger partial charge in [-0.25, -0.2) is 19.3 Å². The molecule has 3 aromatic heterocycles. The maximum absolute atomic E-state index is 14.8. The second-order valence-corrected chi connectivity index (χ2v) is 7.64. The molecule has 4 aromatic rings. The second kappa shape index (κ2) is 9.98. The Kier molecular flexibility index (Phi) is 6.81. The number of benzene rings is 1. The molecule has 0 atom stereocenters. The standard InChI is InChI=1S/C23H19F4N7O2/c1-34-12-16(11-31-34)33-22-29-8-14(9-30-22)17-4-3-13(5-19(17)24)6-20(35)32-15-7-18(23(25,26)27)21(36-2)28-10-15/h3-5,7-12H,6H2,1-2H3,(H,32,35)(H,29,30,33). The SMILES string of the molecule is COc1ncc(NC(=O)Cc2ccc(-c3cnc(Nc4cnn(C)c4)nc3)c(F)c2)cc1C(F)(F)F. The van der Waals surface area contributed by atoms with Crippen molar-refractivity contribution in [2.45, 2.75) is 12.6 Å². The van der Waals surface area contributed by atoms with Gasteiger partial charge in [-0.15, -0.1) is 0 Å². The summed E-state index contributed by atoms with van der Waals surface area (Å²) in [6.45, 7) is 0. The summed E-state index contributed by atoms with van der Waals surface area (Å²) in [4.78, 5) is 24.3. The van der Waals surface area contributed by atoms with Crippen LogP contribution in [0.25, 0.3) is 11.1 Å². The summed E-state index contributed by atoms with van der Waals surface area (Å²) < 4.78 is 60.5. The van der Waals surface area contributed by atoms with E-state index in [-0.39, 0.29) is 17.7 Å². The summed E-state index contributed by atoms with van der Waals surface area (Å²) in [7, 11) is 2.83. The fourth-order valence-corrected chi connectivity index (χ4v) is 3.33. The molecular weight excluding hydrogens is 482 g/mol. The van der Waals surface area contributed by atoms with Crippen molar-refractivity contribution in [2.75, 3.05) is 17.7 Å². The Balaban J connectivity index is 1.42. The lowest BCUT2D eigenvalue weighted by Crippen LogP contribution is -2.16. The average molecular weight is 501 g/mol. The van der Waals surface area contributed by atoms with Crippen LogP contribution in [0.5, 0.6) is 5.88 Å². The van der Waals surface area contributed by atoms with Crippen LogP contribution in [0.4, 0.5) is 34.9 Å². The van der Waals surface area contributed by atoms with E-state index in [1.165, 1.54) is 30.6 Å². The lowest BCUT2D eigenvalue weighted by molar-refractivity contribution is -0.139. The number of carbonyl (C=O) groups excluding carboxylic acids is 1. The minimum atomic E-state index is -4.71. The van der Waals surface area contributed by atoms with Crippen molar-refractivity contribution in [1.82, 2.24) is 24.7 Å². The van der Waals surface area contributed by atoms with Gasteiger partial charge in [0.25, 0.3) is 0 Å². The molecule has 4 rings (SSSR count). The molecule has 1 aromatic carbocycles. The van der Waals surface area contributed by atoms with Gasteiger partial charge in [-0.05, 0) is 17.7 Å². The highest BCUT2D eigenvalue weighted by Gasteiger charge is 2.35. The van der Waals surface area contributed by atoms with Gasteiger partial charge in [-0.3, -0.25) is 9.48 Å². The minimum absolute atomic E-state index is 0.164. The monoisotopic (exact) mass is 501 g/mol. The van der Waals surface area contributed by atoms with Crippen LogP contribution in [0, 0.1) is 5.82 Å². The van der Waals surface area contributed by atoms with E-state index in [1.54, 1.807) is 24.1 Å². The Morgan fingerprint density at radius 2 is 1.81 bits per heavy atom. The third-order valence-corrected chi connectivity index (χ3v) is 4.96. The highest BCUT2D eigenvalue weighted by Crippen LogP contribution is 2.36. The maximum atomic E-state index is 14.8. The zero-order valence-corrected chi connectivity index (χ0v) is 19.0. The zero-order valence-electron chi connectivity index (χ0n) is 19.0. The van der Waals surface area contributed by atoms with E-state index in [0.717, 1.165) is 19.4 Å². The van der Waals surface area contributed by atoms with Crippen molar-refractivity contribution in [3.05, 3.63) is 72.2 Å². The predicted octanol–water partition coefficient (Wildman–Crippen LogP) is 4.36.